The second-order valence-corrected chi connectivity index (χ2v) is 12.0. The van der Waals surface area contributed by atoms with Crippen molar-refractivity contribution in [1.29, 1.82) is 0 Å². The predicted octanol–water partition coefficient (Wildman–Crippen LogP) is 4.94. The highest BCUT2D eigenvalue weighted by atomic mass is 32.2. The minimum atomic E-state index is -4.08. The van der Waals surface area contributed by atoms with E-state index in [0.717, 1.165) is 16.7 Å². The monoisotopic (exact) mass is 549 g/mol. The van der Waals surface area contributed by atoms with Gasteiger partial charge >= 0.3 is 0 Å². The Bertz CT molecular complexity index is 1360. The number of carbonyl (C=O) groups is 2. The van der Waals surface area contributed by atoms with Gasteiger partial charge in [-0.2, -0.15) is 0 Å². The summed E-state index contributed by atoms with van der Waals surface area (Å²) in [5.41, 5.74) is 3.18. The van der Waals surface area contributed by atoms with Crippen molar-refractivity contribution in [2.45, 2.75) is 58.5 Å². The van der Waals surface area contributed by atoms with Crippen LogP contribution in [-0.2, 0) is 32.6 Å². The lowest BCUT2D eigenvalue weighted by molar-refractivity contribution is -0.139. The van der Waals surface area contributed by atoms with Gasteiger partial charge in [0.15, 0.2) is 0 Å². The Morgan fingerprint density at radius 2 is 1.49 bits per heavy atom. The second kappa shape index (κ2) is 13.4. The van der Waals surface area contributed by atoms with Crippen LogP contribution >= 0.6 is 0 Å². The van der Waals surface area contributed by atoms with Crippen molar-refractivity contribution in [2.24, 2.45) is 5.92 Å². The molecule has 3 rings (SSSR count). The van der Waals surface area contributed by atoms with Crippen LogP contribution in [0.2, 0.25) is 0 Å². The van der Waals surface area contributed by atoms with E-state index in [-0.39, 0.29) is 23.3 Å². The zero-order chi connectivity index (χ0) is 28.6. The van der Waals surface area contributed by atoms with Gasteiger partial charge in [-0.3, -0.25) is 13.9 Å². The molecular weight excluding hydrogens is 510 g/mol. The quantitative estimate of drug-likeness (QED) is 0.347. The topological polar surface area (TPSA) is 86.8 Å². The Morgan fingerprint density at radius 3 is 2.10 bits per heavy atom. The van der Waals surface area contributed by atoms with Gasteiger partial charge in [0.25, 0.3) is 10.0 Å². The number of hydrogen-bond donors (Lipinski definition) is 1. The average Bonchev–Trinajstić information content (AvgIpc) is 2.94. The lowest BCUT2D eigenvalue weighted by Gasteiger charge is -2.32. The first-order chi connectivity index (χ1) is 18.5. The summed E-state index contributed by atoms with van der Waals surface area (Å²) in [4.78, 5) is 28.6. The summed E-state index contributed by atoms with van der Waals surface area (Å²) in [7, 11) is -4.08. The zero-order valence-electron chi connectivity index (χ0n) is 23.4. The van der Waals surface area contributed by atoms with Crippen LogP contribution in [0.25, 0.3) is 0 Å². The smallest absolute Gasteiger partial charge is 0.264 e. The van der Waals surface area contributed by atoms with E-state index in [4.69, 9.17) is 0 Å². The van der Waals surface area contributed by atoms with Crippen molar-refractivity contribution in [1.82, 2.24) is 10.2 Å². The zero-order valence-corrected chi connectivity index (χ0v) is 24.2. The van der Waals surface area contributed by atoms with E-state index in [0.29, 0.717) is 18.7 Å². The average molecular weight is 550 g/mol. The van der Waals surface area contributed by atoms with E-state index >= 15 is 0 Å². The van der Waals surface area contributed by atoms with E-state index in [1.807, 2.05) is 64.1 Å². The van der Waals surface area contributed by atoms with Gasteiger partial charge in [-0.05, 0) is 55.5 Å². The van der Waals surface area contributed by atoms with Crippen LogP contribution in [0.5, 0.6) is 0 Å². The van der Waals surface area contributed by atoms with Crippen LogP contribution in [0, 0.1) is 12.8 Å². The van der Waals surface area contributed by atoms with E-state index < -0.39 is 28.5 Å². The molecule has 0 radical (unpaired) electrons. The van der Waals surface area contributed by atoms with Crippen LogP contribution in [0.4, 0.5) is 5.69 Å². The first kappa shape index (κ1) is 29.9. The first-order valence-electron chi connectivity index (χ1n) is 13.3. The van der Waals surface area contributed by atoms with E-state index in [1.165, 1.54) is 21.3 Å². The molecule has 2 amide bonds. The summed E-state index contributed by atoms with van der Waals surface area (Å²) in [6.07, 6.45) is 0.590. The van der Waals surface area contributed by atoms with Crippen molar-refractivity contribution in [3.05, 3.63) is 95.6 Å². The number of rotatable bonds is 12. The molecule has 1 atom stereocenters. The fourth-order valence-corrected chi connectivity index (χ4v) is 5.68. The van der Waals surface area contributed by atoms with Crippen molar-refractivity contribution in [3.63, 3.8) is 0 Å². The van der Waals surface area contributed by atoms with Gasteiger partial charge in [-0.25, -0.2) is 8.42 Å². The summed E-state index contributed by atoms with van der Waals surface area (Å²) in [5, 5.41) is 2.91. The Balaban J connectivity index is 2.03. The molecule has 0 aliphatic heterocycles. The third-order valence-electron chi connectivity index (χ3n) is 6.58. The molecule has 0 bridgehead atoms. The van der Waals surface area contributed by atoms with E-state index in [2.05, 4.69) is 5.32 Å². The number of para-hydroxylation sites is 1. The SMILES string of the molecule is CCc1ccccc1N(CC(=O)N(Cc1ccc(C)cc1)[C@@H](C)C(=O)NCC(C)C)S(=O)(=O)c1ccccc1. The molecule has 0 aliphatic rings. The van der Waals surface area contributed by atoms with E-state index in [1.54, 1.807) is 37.3 Å². The number of nitrogens with one attached hydrogen (secondary N) is 1. The molecule has 0 fully saturated rings. The molecule has 1 N–H and O–H groups in total. The molecular formula is C31H39N3O4S. The molecule has 0 saturated heterocycles. The van der Waals surface area contributed by atoms with Crippen molar-refractivity contribution < 1.29 is 18.0 Å². The molecule has 0 heterocycles. The maximum atomic E-state index is 14.0. The second-order valence-electron chi connectivity index (χ2n) is 10.1. The molecule has 0 aliphatic carbocycles. The lowest BCUT2D eigenvalue weighted by atomic mass is 10.1. The molecule has 0 spiro atoms. The third kappa shape index (κ3) is 7.69. The first-order valence-corrected chi connectivity index (χ1v) is 14.8. The number of hydrogen-bond acceptors (Lipinski definition) is 4. The standard InChI is InChI=1S/C31H39N3O4S/c1-6-27-12-10-11-15-29(27)34(39(37,38)28-13-8-7-9-14-28)22-30(35)33(21-26-18-16-24(4)17-19-26)25(5)31(36)32-20-23(2)3/h7-19,23,25H,6,20-22H2,1-5H3,(H,32,36)/t25-/m0/s1. The summed E-state index contributed by atoms with van der Waals surface area (Å²) in [6, 6.07) is 22.2. The molecule has 8 heteroatoms. The number of aryl methyl sites for hydroxylation is 2. The Hall–Kier alpha value is -3.65. The highest BCUT2D eigenvalue weighted by Crippen LogP contribution is 2.28. The van der Waals surface area contributed by atoms with Crippen LogP contribution < -0.4 is 9.62 Å². The highest BCUT2D eigenvalue weighted by molar-refractivity contribution is 7.92. The van der Waals surface area contributed by atoms with Crippen LogP contribution in [0.3, 0.4) is 0 Å². The molecule has 3 aromatic carbocycles. The molecule has 0 saturated carbocycles. The summed E-state index contributed by atoms with van der Waals surface area (Å²) in [5.74, 6) is -0.497. The molecule has 39 heavy (non-hydrogen) atoms. The van der Waals surface area contributed by atoms with Crippen LogP contribution in [0.1, 0.15) is 44.4 Å². The maximum absolute atomic E-state index is 14.0. The summed E-state index contributed by atoms with van der Waals surface area (Å²) in [6.45, 7) is 9.80. The molecule has 7 nitrogen and oxygen atoms in total. The highest BCUT2D eigenvalue weighted by Gasteiger charge is 2.33. The van der Waals surface area contributed by atoms with Crippen molar-refractivity contribution in [2.75, 3.05) is 17.4 Å². The van der Waals surface area contributed by atoms with Gasteiger partial charge in [-0.1, -0.05) is 87.0 Å². The number of carbonyl (C=O) groups excluding carboxylic acids is 2. The van der Waals surface area contributed by atoms with Crippen molar-refractivity contribution in [3.8, 4) is 0 Å². The maximum Gasteiger partial charge on any atom is 0.264 e. The molecule has 0 aromatic heterocycles. The third-order valence-corrected chi connectivity index (χ3v) is 8.35. The minimum absolute atomic E-state index is 0.0940. The lowest BCUT2D eigenvalue weighted by Crippen LogP contribution is -2.51. The molecule has 3 aromatic rings. The van der Waals surface area contributed by atoms with Gasteiger partial charge in [0.05, 0.1) is 10.6 Å². The summed E-state index contributed by atoms with van der Waals surface area (Å²) >= 11 is 0. The molecule has 0 unspecified atom stereocenters. The fraction of sp³-hybridized carbons (Fsp3) is 0.355. The number of sulfonamides is 1. The van der Waals surface area contributed by atoms with E-state index in [9.17, 15) is 18.0 Å². The van der Waals surface area contributed by atoms with Crippen LogP contribution in [0.15, 0.2) is 83.8 Å². The number of nitrogens with zero attached hydrogens (tertiary/aromatic N) is 2. The fourth-order valence-electron chi connectivity index (χ4n) is 4.21. The predicted molar refractivity (Wildman–Crippen MR) is 156 cm³/mol. The number of amides is 2. The van der Waals surface area contributed by atoms with Gasteiger partial charge in [-0.15, -0.1) is 0 Å². The van der Waals surface area contributed by atoms with Crippen LogP contribution in [-0.4, -0.2) is 44.3 Å². The van der Waals surface area contributed by atoms with Gasteiger partial charge in [0, 0.05) is 13.1 Å². The number of benzene rings is 3. The van der Waals surface area contributed by atoms with Gasteiger partial charge < -0.3 is 10.2 Å². The molecule has 208 valence electrons. The van der Waals surface area contributed by atoms with Gasteiger partial charge in [0.2, 0.25) is 11.8 Å². The minimum Gasteiger partial charge on any atom is -0.354 e. The van der Waals surface area contributed by atoms with Gasteiger partial charge in [0.1, 0.15) is 12.6 Å². The Labute approximate surface area is 232 Å². The normalized spacial score (nSPS) is 12.2. The van der Waals surface area contributed by atoms with Crippen molar-refractivity contribution >= 4 is 27.5 Å². The number of anilines is 1. The largest absolute Gasteiger partial charge is 0.354 e. The summed E-state index contributed by atoms with van der Waals surface area (Å²) < 4.78 is 29.0. The Kier molecular flexibility index (Phi) is 10.3. The Morgan fingerprint density at radius 1 is 0.872 bits per heavy atom.